The minimum Gasteiger partial charge on any atom is -0.370 e. The molecule has 1 fully saturated rings. The fraction of sp³-hybridized carbons (Fsp3) is 0.636. The number of hydrogen-bond acceptors (Lipinski definition) is 4. The lowest BCUT2D eigenvalue weighted by molar-refractivity contribution is 0.133. The van der Waals surface area contributed by atoms with Gasteiger partial charge in [0.1, 0.15) is 5.82 Å². The standard InChI is InChI=1S/C11H15N3O/c1-2-9(12-3-1)4-11-13-5-8-6-15-7-10(8)14-11/h5,9,12H,1-4,6-7H2. The number of nitrogens with zero attached hydrogens (tertiary/aromatic N) is 2. The fourth-order valence-corrected chi connectivity index (χ4v) is 2.24. The summed E-state index contributed by atoms with van der Waals surface area (Å²) in [6.07, 6.45) is 5.39. The highest BCUT2D eigenvalue weighted by Crippen LogP contribution is 2.17. The Balaban J connectivity index is 1.75. The third kappa shape index (κ3) is 1.87. The lowest BCUT2D eigenvalue weighted by atomic mass is 10.1. The van der Waals surface area contributed by atoms with Gasteiger partial charge in [0.05, 0.1) is 18.9 Å². The van der Waals surface area contributed by atoms with E-state index in [2.05, 4.69) is 15.3 Å². The van der Waals surface area contributed by atoms with Crippen molar-refractivity contribution in [2.75, 3.05) is 6.54 Å². The predicted octanol–water partition coefficient (Wildman–Crippen LogP) is 0.801. The molecule has 0 amide bonds. The van der Waals surface area contributed by atoms with Crippen LogP contribution in [-0.4, -0.2) is 22.6 Å². The van der Waals surface area contributed by atoms with Gasteiger partial charge in [-0.25, -0.2) is 9.97 Å². The lowest BCUT2D eigenvalue weighted by Gasteiger charge is -2.08. The second-order valence-electron chi connectivity index (χ2n) is 4.25. The molecule has 1 saturated heterocycles. The van der Waals surface area contributed by atoms with Crippen LogP contribution in [0.3, 0.4) is 0 Å². The van der Waals surface area contributed by atoms with Gasteiger partial charge in [0, 0.05) is 24.2 Å². The number of ether oxygens (including phenoxy) is 1. The Morgan fingerprint density at radius 2 is 2.47 bits per heavy atom. The zero-order chi connectivity index (χ0) is 10.1. The predicted molar refractivity (Wildman–Crippen MR) is 55.3 cm³/mol. The van der Waals surface area contributed by atoms with Crippen LogP contribution in [0.25, 0.3) is 0 Å². The molecule has 1 aromatic rings. The molecule has 0 bridgehead atoms. The number of nitrogens with one attached hydrogen (secondary N) is 1. The maximum atomic E-state index is 5.32. The Kier molecular flexibility index (Phi) is 2.38. The quantitative estimate of drug-likeness (QED) is 0.776. The van der Waals surface area contributed by atoms with Crippen molar-refractivity contribution in [2.45, 2.75) is 38.5 Å². The summed E-state index contributed by atoms with van der Waals surface area (Å²) in [6.45, 7) is 2.47. The molecule has 1 aromatic heterocycles. The zero-order valence-corrected chi connectivity index (χ0v) is 8.70. The van der Waals surface area contributed by atoms with Crippen LogP contribution in [-0.2, 0) is 24.4 Å². The van der Waals surface area contributed by atoms with E-state index in [0.29, 0.717) is 19.3 Å². The molecule has 3 heterocycles. The molecule has 4 heteroatoms. The smallest absolute Gasteiger partial charge is 0.130 e. The first kappa shape index (κ1) is 9.24. The SMILES string of the molecule is c1nc(CC2CCCN2)nc2c1COC2. The van der Waals surface area contributed by atoms with Gasteiger partial charge < -0.3 is 10.1 Å². The minimum atomic E-state index is 0.574. The molecule has 0 radical (unpaired) electrons. The molecule has 1 N–H and O–H groups in total. The van der Waals surface area contributed by atoms with Crippen LogP contribution in [0.4, 0.5) is 0 Å². The fourth-order valence-electron chi connectivity index (χ4n) is 2.24. The summed E-state index contributed by atoms with van der Waals surface area (Å²) in [5, 5.41) is 3.46. The van der Waals surface area contributed by atoms with Crippen molar-refractivity contribution in [3.63, 3.8) is 0 Å². The van der Waals surface area contributed by atoms with E-state index in [1.165, 1.54) is 12.8 Å². The highest BCUT2D eigenvalue weighted by atomic mass is 16.5. The van der Waals surface area contributed by atoms with Gasteiger partial charge in [0.15, 0.2) is 0 Å². The van der Waals surface area contributed by atoms with Gasteiger partial charge in [0.25, 0.3) is 0 Å². The van der Waals surface area contributed by atoms with Gasteiger partial charge >= 0.3 is 0 Å². The maximum Gasteiger partial charge on any atom is 0.130 e. The van der Waals surface area contributed by atoms with Gasteiger partial charge in [-0.15, -0.1) is 0 Å². The second-order valence-corrected chi connectivity index (χ2v) is 4.25. The van der Waals surface area contributed by atoms with Crippen LogP contribution in [0.1, 0.15) is 29.9 Å². The zero-order valence-electron chi connectivity index (χ0n) is 8.70. The van der Waals surface area contributed by atoms with Gasteiger partial charge in [-0.3, -0.25) is 0 Å². The Labute approximate surface area is 89.1 Å². The normalized spacial score (nSPS) is 24.4. The Hall–Kier alpha value is -1.00. The Morgan fingerprint density at radius 1 is 1.47 bits per heavy atom. The molecule has 15 heavy (non-hydrogen) atoms. The lowest BCUT2D eigenvalue weighted by Crippen LogP contribution is -2.24. The van der Waals surface area contributed by atoms with E-state index in [0.717, 1.165) is 30.0 Å². The average molecular weight is 205 g/mol. The van der Waals surface area contributed by atoms with Crippen LogP contribution in [0.15, 0.2) is 6.20 Å². The van der Waals surface area contributed by atoms with E-state index in [4.69, 9.17) is 4.74 Å². The molecule has 0 spiro atoms. The summed E-state index contributed by atoms with van der Waals surface area (Å²) < 4.78 is 5.32. The van der Waals surface area contributed by atoms with Crippen LogP contribution >= 0.6 is 0 Å². The van der Waals surface area contributed by atoms with E-state index < -0.39 is 0 Å². The van der Waals surface area contributed by atoms with E-state index in [1.54, 1.807) is 0 Å². The summed E-state index contributed by atoms with van der Waals surface area (Å²) in [6, 6.07) is 0.574. The first-order valence-electron chi connectivity index (χ1n) is 5.56. The Morgan fingerprint density at radius 3 is 3.33 bits per heavy atom. The van der Waals surface area contributed by atoms with E-state index >= 15 is 0 Å². The molecule has 3 rings (SSSR count). The van der Waals surface area contributed by atoms with Crippen LogP contribution in [0, 0.1) is 0 Å². The molecular formula is C11H15N3O. The molecule has 2 aliphatic rings. The van der Waals surface area contributed by atoms with E-state index in [-0.39, 0.29) is 0 Å². The molecule has 1 unspecified atom stereocenters. The van der Waals surface area contributed by atoms with Crippen molar-refractivity contribution in [1.29, 1.82) is 0 Å². The van der Waals surface area contributed by atoms with Crippen molar-refractivity contribution in [1.82, 2.24) is 15.3 Å². The van der Waals surface area contributed by atoms with Gasteiger partial charge in [0.2, 0.25) is 0 Å². The molecule has 0 saturated carbocycles. The number of fused-ring (bicyclic) bond motifs is 1. The molecular weight excluding hydrogens is 190 g/mol. The molecule has 80 valence electrons. The first-order valence-corrected chi connectivity index (χ1v) is 5.56. The van der Waals surface area contributed by atoms with Crippen LogP contribution in [0.5, 0.6) is 0 Å². The largest absolute Gasteiger partial charge is 0.370 e. The summed E-state index contributed by atoms with van der Waals surface area (Å²) >= 11 is 0. The summed E-state index contributed by atoms with van der Waals surface area (Å²) in [4.78, 5) is 8.92. The number of hydrogen-bond donors (Lipinski definition) is 1. The average Bonchev–Trinajstić information content (AvgIpc) is 2.87. The van der Waals surface area contributed by atoms with Gasteiger partial charge in [-0.05, 0) is 19.4 Å². The summed E-state index contributed by atoms with van der Waals surface area (Å²) in [5.41, 5.74) is 2.23. The molecule has 1 atom stereocenters. The maximum absolute atomic E-state index is 5.32. The van der Waals surface area contributed by atoms with Crippen molar-refractivity contribution in [2.24, 2.45) is 0 Å². The van der Waals surface area contributed by atoms with Crippen molar-refractivity contribution in [3.05, 3.63) is 23.3 Å². The number of rotatable bonds is 2. The highest BCUT2D eigenvalue weighted by Gasteiger charge is 2.18. The topological polar surface area (TPSA) is 47.0 Å². The van der Waals surface area contributed by atoms with E-state index in [1.807, 2.05) is 6.20 Å². The highest BCUT2D eigenvalue weighted by molar-refractivity contribution is 5.19. The second kappa shape index (κ2) is 3.87. The minimum absolute atomic E-state index is 0.574. The van der Waals surface area contributed by atoms with Gasteiger partial charge in [-0.1, -0.05) is 0 Å². The van der Waals surface area contributed by atoms with Crippen molar-refractivity contribution < 1.29 is 4.74 Å². The van der Waals surface area contributed by atoms with Crippen LogP contribution in [0.2, 0.25) is 0 Å². The summed E-state index contributed by atoms with van der Waals surface area (Å²) in [5.74, 6) is 0.957. The molecule has 2 aliphatic heterocycles. The van der Waals surface area contributed by atoms with Crippen LogP contribution < -0.4 is 5.32 Å². The Bertz CT molecular complexity index is 361. The van der Waals surface area contributed by atoms with E-state index in [9.17, 15) is 0 Å². The third-order valence-electron chi connectivity index (χ3n) is 3.09. The summed E-state index contributed by atoms with van der Waals surface area (Å²) in [7, 11) is 0. The third-order valence-corrected chi connectivity index (χ3v) is 3.09. The van der Waals surface area contributed by atoms with Gasteiger partial charge in [-0.2, -0.15) is 0 Å². The van der Waals surface area contributed by atoms with Crippen molar-refractivity contribution in [3.8, 4) is 0 Å². The first-order chi connectivity index (χ1) is 7.42. The molecule has 4 nitrogen and oxygen atoms in total. The number of aromatic nitrogens is 2. The monoisotopic (exact) mass is 205 g/mol. The molecule has 0 aromatic carbocycles. The van der Waals surface area contributed by atoms with Crippen molar-refractivity contribution >= 4 is 0 Å². The molecule has 0 aliphatic carbocycles.